The summed E-state index contributed by atoms with van der Waals surface area (Å²) in [6.07, 6.45) is 5.28. The zero-order valence-electron chi connectivity index (χ0n) is 11.8. The van der Waals surface area contributed by atoms with Crippen molar-refractivity contribution in [2.75, 3.05) is 26.3 Å². The Morgan fingerprint density at radius 1 is 1.21 bits per heavy atom. The standard InChI is InChI=1S/C14H26N2O3/c1-2-13(15)14(17)16(9-11-5-3-7-18-11)10-12-6-4-8-19-12/h11-13H,2-10,15H2,1H3/t11?,12?,13-/m0/s1. The number of ether oxygens (including phenoxy) is 2. The number of nitrogens with two attached hydrogens (primary N) is 1. The van der Waals surface area contributed by atoms with Crippen LogP contribution in [0.4, 0.5) is 0 Å². The van der Waals surface area contributed by atoms with Crippen LogP contribution in [-0.4, -0.2) is 55.4 Å². The third-order valence-corrected chi connectivity index (χ3v) is 3.96. The summed E-state index contributed by atoms with van der Waals surface area (Å²) in [4.78, 5) is 14.2. The Balaban J connectivity index is 1.92. The number of amides is 1. The fraction of sp³-hybridized carbons (Fsp3) is 0.929. The molecule has 2 unspecified atom stereocenters. The number of rotatable bonds is 6. The van der Waals surface area contributed by atoms with Crippen LogP contribution < -0.4 is 5.73 Å². The molecule has 0 aromatic rings. The molecule has 0 aromatic heterocycles. The van der Waals surface area contributed by atoms with E-state index in [1.54, 1.807) is 0 Å². The average Bonchev–Trinajstić information content (AvgIpc) is 3.09. The van der Waals surface area contributed by atoms with E-state index in [1.807, 2.05) is 11.8 Å². The zero-order chi connectivity index (χ0) is 13.7. The van der Waals surface area contributed by atoms with Crippen molar-refractivity contribution in [2.45, 2.75) is 57.3 Å². The predicted molar refractivity (Wildman–Crippen MR) is 72.8 cm³/mol. The molecule has 2 rings (SSSR count). The molecule has 2 fully saturated rings. The summed E-state index contributed by atoms with van der Waals surface area (Å²) in [5.41, 5.74) is 5.89. The van der Waals surface area contributed by atoms with Gasteiger partial charge in [0.1, 0.15) is 0 Å². The van der Waals surface area contributed by atoms with Gasteiger partial charge in [0, 0.05) is 26.3 Å². The second-order valence-corrected chi connectivity index (χ2v) is 5.53. The van der Waals surface area contributed by atoms with Gasteiger partial charge in [0.05, 0.1) is 18.2 Å². The second kappa shape index (κ2) is 7.22. The number of hydrogen-bond donors (Lipinski definition) is 1. The van der Waals surface area contributed by atoms with Gasteiger partial charge in [0.25, 0.3) is 0 Å². The van der Waals surface area contributed by atoms with Crippen molar-refractivity contribution in [1.29, 1.82) is 0 Å². The summed E-state index contributed by atoms with van der Waals surface area (Å²) in [6.45, 7) is 4.89. The van der Waals surface area contributed by atoms with Crippen molar-refractivity contribution >= 4 is 5.91 Å². The summed E-state index contributed by atoms with van der Waals surface area (Å²) < 4.78 is 11.3. The van der Waals surface area contributed by atoms with Gasteiger partial charge in [0.2, 0.25) is 5.91 Å². The average molecular weight is 270 g/mol. The Hall–Kier alpha value is -0.650. The van der Waals surface area contributed by atoms with Gasteiger partial charge in [-0.3, -0.25) is 4.79 Å². The van der Waals surface area contributed by atoms with E-state index in [-0.39, 0.29) is 18.1 Å². The maximum absolute atomic E-state index is 12.3. The molecule has 5 nitrogen and oxygen atoms in total. The zero-order valence-corrected chi connectivity index (χ0v) is 11.8. The highest BCUT2D eigenvalue weighted by atomic mass is 16.5. The van der Waals surface area contributed by atoms with E-state index in [1.165, 1.54) is 0 Å². The van der Waals surface area contributed by atoms with Crippen LogP contribution in [0.25, 0.3) is 0 Å². The molecule has 5 heteroatoms. The molecule has 0 saturated carbocycles. The van der Waals surface area contributed by atoms with Crippen LogP contribution in [0, 0.1) is 0 Å². The molecule has 2 saturated heterocycles. The number of carbonyl (C=O) groups excluding carboxylic acids is 1. The molecule has 110 valence electrons. The molecule has 1 amide bonds. The molecule has 2 aliphatic rings. The van der Waals surface area contributed by atoms with E-state index in [9.17, 15) is 4.79 Å². The van der Waals surface area contributed by atoms with Gasteiger partial charge < -0.3 is 20.1 Å². The van der Waals surface area contributed by atoms with E-state index < -0.39 is 6.04 Å². The Morgan fingerprint density at radius 3 is 2.11 bits per heavy atom. The molecule has 2 N–H and O–H groups in total. The summed E-state index contributed by atoms with van der Waals surface area (Å²) >= 11 is 0. The first-order chi connectivity index (χ1) is 9.20. The maximum atomic E-state index is 12.3. The maximum Gasteiger partial charge on any atom is 0.239 e. The van der Waals surface area contributed by atoms with E-state index in [2.05, 4.69) is 0 Å². The third-order valence-electron chi connectivity index (χ3n) is 3.96. The van der Waals surface area contributed by atoms with Crippen LogP contribution in [0.2, 0.25) is 0 Å². The summed E-state index contributed by atoms with van der Waals surface area (Å²) in [7, 11) is 0. The summed E-state index contributed by atoms with van der Waals surface area (Å²) in [5, 5.41) is 0. The molecule has 2 aliphatic heterocycles. The fourth-order valence-corrected chi connectivity index (χ4v) is 2.73. The Bertz CT molecular complexity index is 268. The quantitative estimate of drug-likeness (QED) is 0.779. The number of hydrogen-bond acceptors (Lipinski definition) is 4. The molecular formula is C14H26N2O3. The van der Waals surface area contributed by atoms with Gasteiger partial charge in [-0.2, -0.15) is 0 Å². The monoisotopic (exact) mass is 270 g/mol. The Morgan fingerprint density at radius 2 is 1.74 bits per heavy atom. The molecule has 3 atom stereocenters. The first kappa shape index (κ1) is 14.8. The van der Waals surface area contributed by atoms with Gasteiger partial charge in [0.15, 0.2) is 0 Å². The molecule has 0 aromatic carbocycles. The first-order valence-corrected chi connectivity index (χ1v) is 7.48. The second-order valence-electron chi connectivity index (χ2n) is 5.53. The molecule has 19 heavy (non-hydrogen) atoms. The molecule has 0 bridgehead atoms. The lowest BCUT2D eigenvalue weighted by Gasteiger charge is -2.29. The van der Waals surface area contributed by atoms with Crippen molar-refractivity contribution < 1.29 is 14.3 Å². The van der Waals surface area contributed by atoms with E-state index in [4.69, 9.17) is 15.2 Å². The minimum Gasteiger partial charge on any atom is -0.376 e. The molecular weight excluding hydrogens is 244 g/mol. The lowest BCUT2D eigenvalue weighted by Crippen LogP contribution is -2.49. The highest BCUT2D eigenvalue weighted by Gasteiger charge is 2.28. The van der Waals surface area contributed by atoms with Crippen LogP contribution in [0.1, 0.15) is 39.0 Å². The molecule has 0 aliphatic carbocycles. The topological polar surface area (TPSA) is 64.8 Å². The van der Waals surface area contributed by atoms with Gasteiger partial charge in [-0.05, 0) is 32.1 Å². The lowest BCUT2D eigenvalue weighted by atomic mass is 10.1. The van der Waals surface area contributed by atoms with Gasteiger partial charge in [-0.15, -0.1) is 0 Å². The summed E-state index contributed by atoms with van der Waals surface area (Å²) in [5.74, 6) is 0.0356. The minimum absolute atomic E-state index is 0.0356. The molecule has 0 spiro atoms. The lowest BCUT2D eigenvalue weighted by molar-refractivity contribution is -0.136. The van der Waals surface area contributed by atoms with E-state index in [0.29, 0.717) is 19.5 Å². The van der Waals surface area contributed by atoms with Crippen molar-refractivity contribution in [2.24, 2.45) is 5.73 Å². The first-order valence-electron chi connectivity index (χ1n) is 7.48. The van der Waals surface area contributed by atoms with Gasteiger partial charge in [-0.1, -0.05) is 6.92 Å². The van der Waals surface area contributed by atoms with Gasteiger partial charge >= 0.3 is 0 Å². The van der Waals surface area contributed by atoms with Crippen molar-refractivity contribution in [1.82, 2.24) is 4.90 Å². The normalized spacial score (nSPS) is 28.5. The molecule has 0 radical (unpaired) electrons. The van der Waals surface area contributed by atoms with E-state index >= 15 is 0 Å². The molecule has 2 heterocycles. The predicted octanol–water partition coefficient (Wildman–Crippen LogP) is 0.910. The minimum atomic E-state index is -0.400. The fourth-order valence-electron chi connectivity index (χ4n) is 2.73. The Kier molecular flexibility index (Phi) is 5.60. The van der Waals surface area contributed by atoms with Crippen LogP contribution >= 0.6 is 0 Å². The van der Waals surface area contributed by atoms with Crippen molar-refractivity contribution in [3.05, 3.63) is 0 Å². The van der Waals surface area contributed by atoms with Gasteiger partial charge in [-0.25, -0.2) is 0 Å². The van der Waals surface area contributed by atoms with Crippen molar-refractivity contribution in [3.8, 4) is 0 Å². The Labute approximate surface area is 115 Å². The highest BCUT2D eigenvalue weighted by Crippen LogP contribution is 2.18. The van der Waals surface area contributed by atoms with E-state index in [0.717, 1.165) is 38.9 Å². The summed E-state index contributed by atoms with van der Waals surface area (Å²) in [6, 6.07) is -0.400. The number of nitrogens with zero attached hydrogens (tertiary/aromatic N) is 1. The highest BCUT2D eigenvalue weighted by molar-refractivity contribution is 5.81. The number of carbonyl (C=O) groups is 1. The van der Waals surface area contributed by atoms with Crippen LogP contribution in [0.15, 0.2) is 0 Å². The van der Waals surface area contributed by atoms with Crippen LogP contribution in [-0.2, 0) is 14.3 Å². The van der Waals surface area contributed by atoms with Crippen LogP contribution in [0.3, 0.4) is 0 Å². The SMILES string of the molecule is CC[C@H](N)C(=O)N(CC1CCCO1)CC1CCCO1. The third kappa shape index (κ3) is 4.16. The van der Waals surface area contributed by atoms with Crippen LogP contribution in [0.5, 0.6) is 0 Å². The smallest absolute Gasteiger partial charge is 0.239 e. The van der Waals surface area contributed by atoms with Crippen molar-refractivity contribution in [3.63, 3.8) is 0 Å². The largest absolute Gasteiger partial charge is 0.376 e.